The monoisotopic (exact) mass is 414 g/mol. The molecule has 2 N–H and O–H groups in total. The summed E-state index contributed by atoms with van der Waals surface area (Å²) in [6.07, 6.45) is 2.17. The summed E-state index contributed by atoms with van der Waals surface area (Å²) < 4.78 is 5.37. The molecule has 0 fully saturated rings. The Morgan fingerprint density at radius 2 is 1.93 bits per heavy atom. The number of halogens is 1. The molecule has 0 radical (unpaired) electrons. The van der Waals surface area contributed by atoms with E-state index in [2.05, 4.69) is 10.6 Å². The number of hydrogen-bond donors (Lipinski definition) is 2. The van der Waals surface area contributed by atoms with E-state index in [4.69, 9.17) is 28.2 Å². The van der Waals surface area contributed by atoms with Crippen molar-refractivity contribution in [2.24, 2.45) is 0 Å². The minimum Gasteiger partial charge on any atom is -0.422 e. The molecular formula is C21H19ClN2O3S. The third-order valence-electron chi connectivity index (χ3n) is 4.17. The topological polar surface area (TPSA) is 71.3 Å². The lowest BCUT2D eigenvalue weighted by Crippen LogP contribution is -2.33. The SMILES string of the molecule is CCCCC(=O)NC(=S)Nc1ccc(-c2cc3ccccc3oc2=O)c(Cl)c1. The predicted molar refractivity (Wildman–Crippen MR) is 117 cm³/mol. The maximum absolute atomic E-state index is 12.3. The molecule has 0 saturated carbocycles. The molecule has 0 aliphatic rings. The summed E-state index contributed by atoms with van der Waals surface area (Å²) in [5.41, 5.74) is 1.62. The van der Waals surface area contributed by atoms with Crippen molar-refractivity contribution in [2.45, 2.75) is 26.2 Å². The number of thiocarbonyl (C=S) groups is 1. The summed E-state index contributed by atoms with van der Waals surface area (Å²) in [5.74, 6) is -0.129. The third kappa shape index (κ3) is 4.77. The van der Waals surface area contributed by atoms with Crippen LogP contribution in [0.1, 0.15) is 26.2 Å². The van der Waals surface area contributed by atoms with Crippen LogP contribution in [0.25, 0.3) is 22.1 Å². The largest absolute Gasteiger partial charge is 0.422 e. The van der Waals surface area contributed by atoms with Crippen LogP contribution in [0.4, 0.5) is 5.69 Å². The van der Waals surface area contributed by atoms with Gasteiger partial charge in [0, 0.05) is 23.1 Å². The van der Waals surface area contributed by atoms with Gasteiger partial charge in [0.15, 0.2) is 5.11 Å². The zero-order valence-corrected chi connectivity index (χ0v) is 16.8. The van der Waals surface area contributed by atoms with Crippen LogP contribution in [0.3, 0.4) is 0 Å². The Morgan fingerprint density at radius 3 is 2.68 bits per heavy atom. The number of hydrogen-bond acceptors (Lipinski definition) is 4. The average Bonchev–Trinajstić information content (AvgIpc) is 2.66. The first-order valence-electron chi connectivity index (χ1n) is 8.91. The number of para-hydroxylation sites is 1. The molecule has 3 aromatic rings. The first-order chi connectivity index (χ1) is 13.5. The van der Waals surface area contributed by atoms with Crippen LogP contribution in [0, 0.1) is 0 Å². The molecule has 0 saturated heterocycles. The number of nitrogens with one attached hydrogen (secondary N) is 2. The Kier molecular flexibility index (Phi) is 6.44. The van der Waals surface area contributed by atoms with Gasteiger partial charge in [-0.1, -0.05) is 49.2 Å². The molecule has 3 rings (SSSR count). The summed E-state index contributed by atoms with van der Waals surface area (Å²) in [5, 5.41) is 6.94. The van der Waals surface area contributed by atoms with Crippen LogP contribution < -0.4 is 16.3 Å². The second-order valence-electron chi connectivity index (χ2n) is 6.29. The average molecular weight is 415 g/mol. The van der Waals surface area contributed by atoms with E-state index in [0.29, 0.717) is 33.8 Å². The highest BCUT2D eigenvalue weighted by Crippen LogP contribution is 2.30. The van der Waals surface area contributed by atoms with Crippen molar-refractivity contribution in [1.82, 2.24) is 5.32 Å². The molecule has 1 aromatic heterocycles. The van der Waals surface area contributed by atoms with E-state index in [1.165, 1.54) is 0 Å². The van der Waals surface area contributed by atoms with Gasteiger partial charge in [0.2, 0.25) is 5.91 Å². The van der Waals surface area contributed by atoms with Crippen LogP contribution in [0.2, 0.25) is 5.02 Å². The van der Waals surface area contributed by atoms with Crippen molar-refractivity contribution >= 4 is 51.5 Å². The highest BCUT2D eigenvalue weighted by molar-refractivity contribution is 7.80. The fraction of sp³-hybridized carbons (Fsp3) is 0.190. The molecule has 0 atom stereocenters. The Morgan fingerprint density at radius 1 is 1.14 bits per heavy atom. The summed E-state index contributed by atoms with van der Waals surface area (Å²) in [7, 11) is 0. The molecule has 1 amide bonds. The van der Waals surface area contributed by atoms with Crippen molar-refractivity contribution in [3.05, 3.63) is 64.0 Å². The van der Waals surface area contributed by atoms with Crippen LogP contribution in [0.5, 0.6) is 0 Å². The molecule has 28 heavy (non-hydrogen) atoms. The van der Waals surface area contributed by atoms with E-state index in [9.17, 15) is 9.59 Å². The number of anilines is 1. The van der Waals surface area contributed by atoms with Gasteiger partial charge in [0.25, 0.3) is 0 Å². The molecule has 0 unspecified atom stereocenters. The first kappa shape index (κ1) is 20.0. The maximum atomic E-state index is 12.3. The second kappa shape index (κ2) is 8.99. The number of carbonyl (C=O) groups excluding carboxylic acids is 1. The van der Waals surface area contributed by atoms with Gasteiger partial charge in [-0.3, -0.25) is 4.79 Å². The number of rotatable bonds is 5. The van der Waals surface area contributed by atoms with Gasteiger partial charge in [-0.25, -0.2) is 4.79 Å². The van der Waals surface area contributed by atoms with Crippen LogP contribution in [-0.2, 0) is 4.79 Å². The summed E-state index contributed by atoms with van der Waals surface area (Å²) in [4.78, 5) is 24.1. The van der Waals surface area contributed by atoms with Gasteiger partial charge < -0.3 is 15.1 Å². The third-order valence-corrected chi connectivity index (χ3v) is 4.69. The van der Waals surface area contributed by atoms with E-state index in [1.54, 1.807) is 30.3 Å². The molecule has 0 spiro atoms. The molecule has 7 heteroatoms. The van der Waals surface area contributed by atoms with Crippen molar-refractivity contribution in [3.63, 3.8) is 0 Å². The molecule has 5 nitrogen and oxygen atoms in total. The minimum atomic E-state index is -0.458. The first-order valence-corrected chi connectivity index (χ1v) is 9.70. The second-order valence-corrected chi connectivity index (χ2v) is 7.10. The van der Waals surface area contributed by atoms with Crippen molar-refractivity contribution in [2.75, 3.05) is 5.32 Å². The zero-order chi connectivity index (χ0) is 20.1. The molecule has 0 aliphatic heterocycles. The summed E-state index contributed by atoms with van der Waals surface area (Å²) >= 11 is 11.5. The number of unbranched alkanes of at least 4 members (excludes halogenated alkanes) is 1. The number of carbonyl (C=O) groups is 1. The molecule has 1 heterocycles. The van der Waals surface area contributed by atoms with Gasteiger partial charge in [-0.05, 0) is 42.9 Å². The van der Waals surface area contributed by atoms with E-state index >= 15 is 0 Å². The highest BCUT2D eigenvalue weighted by Gasteiger charge is 2.12. The fourth-order valence-corrected chi connectivity index (χ4v) is 3.26. The molecule has 2 aromatic carbocycles. The van der Waals surface area contributed by atoms with Gasteiger partial charge in [-0.15, -0.1) is 0 Å². The van der Waals surface area contributed by atoms with Gasteiger partial charge in [-0.2, -0.15) is 0 Å². The lowest BCUT2D eigenvalue weighted by Gasteiger charge is -2.11. The Hall–Kier alpha value is -2.70. The summed E-state index contributed by atoms with van der Waals surface area (Å²) in [6, 6.07) is 14.1. The maximum Gasteiger partial charge on any atom is 0.344 e. The van der Waals surface area contributed by atoms with E-state index < -0.39 is 5.63 Å². The van der Waals surface area contributed by atoms with Crippen molar-refractivity contribution < 1.29 is 9.21 Å². The molecule has 0 aliphatic carbocycles. The molecule has 0 bridgehead atoms. The lowest BCUT2D eigenvalue weighted by atomic mass is 10.1. The lowest BCUT2D eigenvalue weighted by molar-refractivity contribution is -0.119. The van der Waals surface area contributed by atoms with Gasteiger partial charge >= 0.3 is 5.63 Å². The summed E-state index contributed by atoms with van der Waals surface area (Å²) in [6.45, 7) is 2.02. The standard InChI is InChI=1S/C21H19ClN2O3S/c1-2-3-8-19(25)24-21(28)23-14-9-10-15(17(22)12-14)16-11-13-6-4-5-7-18(13)27-20(16)26/h4-7,9-12H,2-3,8H2,1H3,(H2,23,24,25,28). The highest BCUT2D eigenvalue weighted by atomic mass is 35.5. The molecular weight excluding hydrogens is 396 g/mol. The normalized spacial score (nSPS) is 10.6. The Bertz CT molecular complexity index is 1090. The van der Waals surface area contributed by atoms with Crippen molar-refractivity contribution in [3.8, 4) is 11.1 Å². The van der Waals surface area contributed by atoms with Crippen LogP contribution in [0.15, 0.2) is 57.7 Å². The van der Waals surface area contributed by atoms with Crippen LogP contribution in [-0.4, -0.2) is 11.0 Å². The Labute approximate surface area is 172 Å². The van der Waals surface area contributed by atoms with E-state index in [-0.39, 0.29) is 11.0 Å². The zero-order valence-electron chi connectivity index (χ0n) is 15.3. The number of benzene rings is 2. The predicted octanol–water partition coefficient (Wildman–Crippen LogP) is 5.12. The Balaban J connectivity index is 1.79. The van der Waals surface area contributed by atoms with Gasteiger partial charge in [0.05, 0.1) is 10.6 Å². The van der Waals surface area contributed by atoms with E-state index in [0.717, 1.165) is 18.2 Å². The number of amides is 1. The van der Waals surface area contributed by atoms with Crippen LogP contribution >= 0.6 is 23.8 Å². The number of fused-ring (bicyclic) bond motifs is 1. The van der Waals surface area contributed by atoms with Crippen molar-refractivity contribution in [1.29, 1.82) is 0 Å². The van der Waals surface area contributed by atoms with Gasteiger partial charge in [0.1, 0.15) is 5.58 Å². The molecule has 144 valence electrons. The smallest absolute Gasteiger partial charge is 0.344 e. The minimum absolute atomic E-state index is 0.129. The fourth-order valence-electron chi connectivity index (χ4n) is 2.75. The quantitative estimate of drug-likeness (QED) is 0.448. The van der Waals surface area contributed by atoms with E-state index in [1.807, 2.05) is 25.1 Å².